The van der Waals surface area contributed by atoms with E-state index >= 15 is 0 Å². The third-order valence-corrected chi connectivity index (χ3v) is 3.44. The molecule has 0 radical (unpaired) electrons. The Hall–Kier alpha value is -2.05. The predicted octanol–water partition coefficient (Wildman–Crippen LogP) is 3.53. The van der Waals surface area contributed by atoms with E-state index in [9.17, 15) is 4.79 Å². The van der Waals surface area contributed by atoms with Gasteiger partial charge in [-0.25, -0.2) is 0 Å². The van der Waals surface area contributed by atoms with Gasteiger partial charge in [0.2, 0.25) is 0 Å². The minimum atomic E-state index is 0.0425. The van der Waals surface area contributed by atoms with Crippen LogP contribution in [0.3, 0.4) is 0 Å². The average Bonchev–Trinajstić information content (AvgIpc) is 2.46. The summed E-state index contributed by atoms with van der Waals surface area (Å²) >= 11 is 1.50. The van der Waals surface area contributed by atoms with Gasteiger partial charge in [0.25, 0.3) is 0 Å². The number of nitrogens with zero attached hydrogens (tertiary/aromatic N) is 1. The zero-order chi connectivity index (χ0) is 12.8. The molecule has 0 heterocycles. The highest BCUT2D eigenvalue weighted by atomic mass is 32.2. The number of hydrogen-bond donors (Lipinski definition) is 0. The molecule has 0 saturated heterocycles. The van der Waals surface area contributed by atoms with Crippen molar-refractivity contribution < 1.29 is 4.79 Å². The van der Waals surface area contributed by atoms with Gasteiger partial charge in [-0.05, 0) is 24.3 Å². The summed E-state index contributed by atoms with van der Waals surface area (Å²) in [5, 5.41) is 8.79. The Morgan fingerprint density at radius 3 is 2.61 bits per heavy atom. The molecule has 0 fully saturated rings. The number of ketones is 1. The van der Waals surface area contributed by atoms with Gasteiger partial charge in [-0.3, -0.25) is 4.79 Å². The van der Waals surface area contributed by atoms with Crippen LogP contribution in [0.15, 0.2) is 59.5 Å². The van der Waals surface area contributed by atoms with Crippen molar-refractivity contribution in [1.29, 1.82) is 5.26 Å². The first kappa shape index (κ1) is 12.4. The number of rotatable bonds is 4. The number of benzene rings is 2. The molecule has 0 spiro atoms. The van der Waals surface area contributed by atoms with E-state index in [1.807, 2.05) is 36.4 Å². The fourth-order valence-corrected chi connectivity index (χ4v) is 2.33. The Morgan fingerprint density at radius 2 is 1.89 bits per heavy atom. The SMILES string of the molecule is N#Cc1cccc(C(=O)CSc2ccccc2)c1. The van der Waals surface area contributed by atoms with Gasteiger partial charge in [0, 0.05) is 10.5 Å². The Balaban J connectivity index is 2.02. The smallest absolute Gasteiger partial charge is 0.173 e. The molecule has 0 aromatic heterocycles. The second-order valence-corrected chi connectivity index (χ2v) is 4.77. The molecule has 0 aliphatic heterocycles. The molecule has 88 valence electrons. The summed E-state index contributed by atoms with van der Waals surface area (Å²) < 4.78 is 0. The first-order valence-corrected chi connectivity index (χ1v) is 6.49. The largest absolute Gasteiger partial charge is 0.293 e. The van der Waals surface area contributed by atoms with Gasteiger partial charge in [0.05, 0.1) is 17.4 Å². The van der Waals surface area contributed by atoms with E-state index in [0.717, 1.165) is 4.90 Å². The van der Waals surface area contributed by atoms with Gasteiger partial charge < -0.3 is 0 Å². The molecule has 18 heavy (non-hydrogen) atoms. The quantitative estimate of drug-likeness (QED) is 0.618. The Labute approximate surface area is 110 Å². The highest BCUT2D eigenvalue weighted by Crippen LogP contribution is 2.18. The van der Waals surface area contributed by atoms with Gasteiger partial charge in [0.15, 0.2) is 5.78 Å². The maximum Gasteiger partial charge on any atom is 0.173 e. The van der Waals surface area contributed by atoms with E-state index in [1.54, 1.807) is 24.3 Å². The highest BCUT2D eigenvalue weighted by Gasteiger charge is 2.07. The van der Waals surface area contributed by atoms with Crippen molar-refractivity contribution in [2.24, 2.45) is 0 Å². The molecule has 0 unspecified atom stereocenters. The molecule has 0 amide bonds. The van der Waals surface area contributed by atoms with E-state index in [1.165, 1.54) is 11.8 Å². The molecular formula is C15H11NOS. The summed E-state index contributed by atoms with van der Waals surface area (Å²) in [6, 6.07) is 18.6. The Kier molecular flexibility index (Phi) is 4.16. The van der Waals surface area contributed by atoms with Gasteiger partial charge in [-0.1, -0.05) is 30.3 Å². The van der Waals surface area contributed by atoms with Crippen LogP contribution in [-0.4, -0.2) is 11.5 Å². The maximum atomic E-state index is 12.0. The van der Waals surface area contributed by atoms with Crippen LogP contribution in [0.1, 0.15) is 15.9 Å². The summed E-state index contributed by atoms with van der Waals surface area (Å²) in [5.41, 5.74) is 1.11. The van der Waals surface area contributed by atoms with Gasteiger partial charge >= 0.3 is 0 Å². The summed E-state index contributed by atoms with van der Waals surface area (Å²) in [4.78, 5) is 13.0. The lowest BCUT2D eigenvalue weighted by molar-refractivity contribution is 0.102. The van der Waals surface area contributed by atoms with Crippen LogP contribution in [0.5, 0.6) is 0 Å². The Morgan fingerprint density at radius 1 is 1.11 bits per heavy atom. The first-order chi connectivity index (χ1) is 8.79. The topological polar surface area (TPSA) is 40.9 Å². The molecule has 0 saturated carbocycles. The molecule has 0 bridgehead atoms. The predicted molar refractivity (Wildman–Crippen MR) is 72.7 cm³/mol. The molecule has 0 atom stereocenters. The van der Waals surface area contributed by atoms with E-state index in [0.29, 0.717) is 16.9 Å². The van der Waals surface area contributed by atoms with Crippen molar-refractivity contribution in [3.05, 3.63) is 65.7 Å². The lowest BCUT2D eigenvalue weighted by Gasteiger charge is -2.01. The lowest BCUT2D eigenvalue weighted by atomic mass is 10.1. The van der Waals surface area contributed by atoms with Crippen LogP contribution in [0.4, 0.5) is 0 Å². The minimum absolute atomic E-state index is 0.0425. The lowest BCUT2D eigenvalue weighted by Crippen LogP contribution is -2.02. The zero-order valence-electron chi connectivity index (χ0n) is 9.67. The molecule has 0 N–H and O–H groups in total. The molecule has 3 heteroatoms. The zero-order valence-corrected chi connectivity index (χ0v) is 10.5. The van der Waals surface area contributed by atoms with Crippen LogP contribution in [0.2, 0.25) is 0 Å². The van der Waals surface area contributed by atoms with E-state index in [2.05, 4.69) is 0 Å². The molecule has 2 nitrogen and oxygen atoms in total. The number of nitriles is 1. The number of hydrogen-bond acceptors (Lipinski definition) is 3. The number of carbonyl (C=O) groups is 1. The van der Waals surface area contributed by atoms with Crippen LogP contribution < -0.4 is 0 Å². The van der Waals surface area contributed by atoms with Crippen molar-refractivity contribution in [2.45, 2.75) is 4.90 Å². The Bertz CT molecular complexity index is 587. The number of carbonyl (C=O) groups excluding carboxylic acids is 1. The van der Waals surface area contributed by atoms with Gasteiger partial charge in [-0.2, -0.15) is 5.26 Å². The summed E-state index contributed by atoms with van der Waals surface area (Å²) in [6.45, 7) is 0. The molecule has 2 aromatic carbocycles. The van der Waals surface area contributed by atoms with Crippen LogP contribution >= 0.6 is 11.8 Å². The van der Waals surface area contributed by atoms with E-state index in [4.69, 9.17) is 5.26 Å². The first-order valence-electron chi connectivity index (χ1n) is 5.51. The average molecular weight is 253 g/mol. The van der Waals surface area contributed by atoms with E-state index in [-0.39, 0.29) is 5.78 Å². The monoisotopic (exact) mass is 253 g/mol. The third kappa shape index (κ3) is 3.22. The third-order valence-electron chi connectivity index (χ3n) is 2.43. The normalized spacial score (nSPS) is 9.72. The molecule has 0 aliphatic rings. The van der Waals surface area contributed by atoms with Crippen molar-refractivity contribution in [3.63, 3.8) is 0 Å². The van der Waals surface area contributed by atoms with Crippen molar-refractivity contribution in [1.82, 2.24) is 0 Å². The molecule has 2 aromatic rings. The molecular weight excluding hydrogens is 242 g/mol. The number of Topliss-reactive ketones (excluding diaryl/α,β-unsaturated/α-hetero) is 1. The highest BCUT2D eigenvalue weighted by molar-refractivity contribution is 8.00. The van der Waals surface area contributed by atoms with Crippen molar-refractivity contribution in [2.75, 3.05) is 5.75 Å². The standard InChI is InChI=1S/C15H11NOS/c16-10-12-5-4-6-13(9-12)15(17)11-18-14-7-2-1-3-8-14/h1-9H,11H2. The number of thioether (sulfide) groups is 1. The fourth-order valence-electron chi connectivity index (χ4n) is 1.51. The summed E-state index contributed by atoms with van der Waals surface area (Å²) in [7, 11) is 0. The molecule has 0 aliphatic carbocycles. The van der Waals surface area contributed by atoms with E-state index < -0.39 is 0 Å². The van der Waals surface area contributed by atoms with Gasteiger partial charge in [-0.15, -0.1) is 11.8 Å². The molecule has 2 rings (SSSR count). The van der Waals surface area contributed by atoms with Gasteiger partial charge in [0.1, 0.15) is 0 Å². The fraction of sp³-hybridized carbons (Fsp3) is 0.0667. The van der Waals surface area contributed by atoms with Crippen LogP contribution in [0, 0.1) is 11.3 Å². The summed E-state index contributed by atoms with van der Waals surface area (Å²) in [5.74, 6) is 0.430. The minimum Gasteiger partial charge on any atom is -0.293 e. The second kappa shape index (κ2) is 6.04. The van der Waals surface area contributed by atoms with Crippen molar-refractivity contribution >= 4 is 17.5 Å². The second-order valence-electron chi connectivity index (χ2n) is 3.72. The van der Waals surface area contributed by atoms with Crippen LogP contribution in [-0.2, 0) is 0 Å². The maximum absolute atomic E-state index is 12.0. The summed E-state index contributed by atoms with van der Waals surface area (Å²) in [6.07, 6.45) is 0. The van der Waals surface area contributed by atoms with Crippen LogP contribution in [0.25, 0.3) is 0 Å². The van der Waals surface area contributed by atoms with Crippen molar-refractivity contribution in [3.8, 4) is 6.07 Å².